The van der Waals surface area contributed by atoms with Gasteiger partial charge in [-0.25, -0.2) is 0 Å². The molecule has 0 aromatic heterocycles. The molecule has 0 aliphatic carbocycles. The van der Waals surface area contributed by atoms with Gasteiger partial charge in [-0.15, -0.1) is 0 Å². The van der Waals surface area contributed by atoms with Gasteiger partial charge < -0.3 is 20.1 Å². The maximum Gasteiger partial charge on any atom is 0.257 e. The van der Waals surface area contributed by atoms with Gasteiger partial charge in [-0.2, -0.15) is 0 Å². The number of amides is 1. The second kappa shape index (κ2) is 6.13. The van der Waals surface area contributed by atoms with E-state index in [4.69, 9.17) is 15.2 Å². The van der Waals surface area contributed by atoms with Crippen molar-refractivity contribution < 1.29 is 14.3 Å². The summed E-state index contributed by atoms with van der Waals surface area (Å²) < 4.78 is 10.4. The summed E-state index contributed by atoms with van der Waals surface area (Å²) in [5.74, 6) is 1.59. The van der Waals surface area contributed by atoms with Gasteiger partial charge in [0, 0.05) is 25.2 Å². The predicted octanol–water partition coefficient (Wildman–Crippen LogP) is 1.51. The Balaban J connectivity index is 2.17. The fourth-order valence-electron chi connectivity index (χ4n) is 2.55. The van der Waals surface area contributed by atoms with Crippen molar-refractivity contribution in [3.8, 4) is 11.5 Å². The molecule has 2 rings (SSSR count). The first-order valence-corrected chi connectivity index (χ1v) is 6.83. The largest absolute Gasteiger partial charge is 0.497 e. The predicted molar refractivity (Wildman–Crippen MR) is 77.2 cm³/mol. The third-order valence-electron chi connectivity index (χ3n) is 3.89. The molecule has 2 atom stereocenters. The summed E-state index contributed by atoms with van der Waals surface area (Å²) in [6, 6.07) is 5.37. The number of carbonyl (C=O) groups is 1. The Morgan fingerprint density at radius 2 is 2.15 bits per heavy atom. The van der Waals surface area contributed by atoms with E-state index in [9.17, 15) is 4.79 Å². The van der Waals surface area contributed by atoms with Crippen LogP contribution in [0, 0.1) is 5.92 Å². The van der Waals surface area contributed by atoms with Crippen molar-refractivity contribution in [2.24, 2.45) is 11.7 Å². The Hall–Kier alpha value is -1.75. The molecule has 0 saturated carbocycles. The summed E-state index contributed by atoms with van der Waals surface area (Å²) in [6.45, 7) is 3.46. The SMILES string of the molecule is COc1ccc(C(=O)N2CCC(C(C)N)C2)c(OC)c1. The number of carbonyl (C=O) groups excluding carboxylic acids is 1. The maximum atomic E-state index is 12.6. The lowest BCUT2D eigenvalue weighted by Gasteiger charge is -2.19. The van der Waals surface area contributed by atoms with Gasteiger partial charge in [0.1, 0.15) is 11.5 Å². The van der Waals surface area contributed by atoms with E-state index in [0.717, 1.165) is 13.0 Å². The number of hydrogen-bond acceptors (Lipinski definition) is 4. The van der Waals surface area contributed by atoms with Crippen molar-refractivity contribution in [3.05, 3.63) is 23.8 Å². The molecule has 1 aliphatic heterocycles. The van der Waals surface area contributed by atoms with E-state index in [0.29, 0.717) is 29.5 Å². The number of ether oxygens (including phenoxy) is 2. The number of nitrogens with zero attached hydrogens (tertiary/aromatic N) is 1. The van der Waals surface area contributed by atoms with Crippen molar-refractivity contribution >= 4 is 5.91 Å². The van der Waals surface area contributed by atoms with E-state index in [1.165, 1.54) is 0 Å². The van der Waals surface area contributed by atoms with Crippen LogP contribution in [0.5, 0.6) is 11.5 Å². The van der Waals surface area contributed by atoms with E-state index in [1.807, 2.05) is 11.8 Å². The lowest BCUT2D eigenvalue weighted by molar-refractivity contribution is 0.0782. The quantitative estimate of drug-likeness (QED) is 0.906. The monoisotopic (exact) mass is 278 g/mol. The lowest BCUT2D eigenvalue weighted by atomic mass is 10.0. The average Bonchev–Trinajstić information content (AvgIpc) is 2.95. The van der Waals surface area contributed by atoms with Crippen molar-refractivity contribution in [1.82, 2.24) is 4.90 Å². The van der Waals surface area contributed by atoms with Crippen LogP contribution in [0.4, 0.5) is 0 Å². The summed E-state index contributed by atoms with van der Waals surface area (Å²) in [5, 5.41) is 0. The summed E-state index contributed by atoms with van der Waals surface area (Å²) >= 11 is 0. The molecule has 1 heterocycles. The molecule has 1 amide bonds. The number of benzene rings is 1. The van der Waals surface area contributed by atoms with Gasteiger partial charge >= 0.3 is 0 Å². The van der Waals surface area contributed by atoms with Crippen molar-refractivity contribution in [2.45, 2.75) is 19.4 Å². The van der Waals surface area contributed by atoms with Gasteiger partial charge in [-0.3, -0.25) is 4.79 Å². The number of rotatable bonds is 4. The molecule has 2 N–H and O–H groups in total. The van der Waals surface area contributed by atoms with Crippen LogP contribution in [-0.2, 0) is 0 Å². The van der Waals surface area contributed by atoms with Crippen LogP contribution in [0.3, 0.4) is 0 Å². The topological polar surface area (TPSA) is 64.8 Å². The van der Waals surface area contributed by atoms with Crippen LogP contribution in [-0.4, -0.2) is 44.2 Å². The lowest BCUT2D eigenvalue weighted by Crippen LogP contribution is -2.33. The molecule has 5 heteroatoms. The smallest absolute Gasteiger partial charge is 0.257 e. The Kier molecular flexibility index (Phi) is 4.49. The molecule has 5 nitrogen and oxygen atoms in total. The van der Waals surface area contributed by atoms with Gasteiger partial charge in [-0.1, -0.05) is 0 Å². The first-order chi connectivity index (χ1) is 9.56. The van der Waals surface area contributed by atoms with Crippen molar-refractivity contribution in [2.75, 3.05) is 27.3 Å². The minimum atomic E-state index is -0.00680. The third kappa shape index (κ3) is 2.88. The average molecular weight is 278 g/mol. The molecular formula is C15H22N2O3. The fraction of sp³-hybridized carbons (Fsp3) is 0.533. The molecule has 0 spiro atoms. The molecule has 1 saturated heterocycles. The van der Waals surface area contributed by atoms with Crippen LogP contribution in [0.2, 0.25) is 0 Å². The molecule has 20 heavy (non-hydrogen) atoms. The highest BCUT2D eigenvalue weighted by Crippen LogP contribution is 2.28. The number of hydrogen-bond donors (Lipinski definition) is 1. The summed E-state index contributed by atoms with van der Waals surface area (Å²) in [5.41, 5.74) is 6.48. The van der Waals surface area contributed by atoms with Gasteiger partial charge in [0.25, 0.3) is 5.91 Å². The molecule has 110 valence electrons. The number of methoxy groups -OCH3 is 2. The first kappa shape index (κ1) is 14.7. The Labute approximate surface area is 119 Å². The van der Waals surface area contributed by atoms with Crippen molar-refractivity contribution in [1.29, 1.82) is 0 Å². The van der Waals surface area contributed by atoms with Gasteiger partial charge in [-0.05, 0) is 31.4 Å². The second-order valence-electron chi connectivity index (χ2n) is 5.23. The minimum Gasteiger partial charge on any atom is -0.497 e. The molecule has 1 aromatic carbocycles. The first-order valence-electron chi connectivity index (χ1n) is 6.83. The van der Waals surface area contributed by atoms with Crippen LogP contribution >= 0.6 is 0 Å². The van der Waals surface area contributed by atoms with E-state index in [1.54, 1.807) is 32.4 Å². The second-order valence-corrected chi connectivity index (χ2v) is 5.23. The zero-order chi connectivity index (χ0) is 14.7. The Morgan fingerprint density at radius 1 is 1.40 bits per heavy atom. The van der Waals surface area contributed by atoms with Crippen LogP contribution < -0.4 is 15.2 Å². The normalized spacial score (nSPS) is 19.8. The van der Waals surface area contributed by atoms with Gasteiger partial charge in [0.05, 0.1) is 19.8 Å². The maximum absolute atomic E-state index is 12.6. The Bertz CT molecular complexity index is 488. The molecule has 2 unspecified atom stereocenters. The molecule has 0 bridgehead atoms. The minimum absolute atomic E-state index is 0.00680. The molecular weight excluding hydrogens is 256 g/mol. The highest BCUT2D eigenvalue weighted by Gasteiger charge is 2.30. The highest BCUT2D eigenvalue weighted by molar-refractivity contribution is 5.97. The van der Waals surface area contributed by atoms with Gasteiger partial charge in [0.2, 0.25) is 0 Å². The molecule has 0 radical (unpaired) electrons. The molecule has 1 fully saturated rings. The van der Waals surface area contributed by atoms with Crippen LogP contribution in [0.1, 0.15) is 23.7 Å². The highest BCUT2D eigenvalue weighted by atomic mass is 16.5. The molecule has 1 aromatic rings. The summed E-state index contributed by atoms with van der Waals surface area (Å²) in [7, 11) is 3.14. The summed E-state index contributed by atoms with van der Waals surface area (Å²) in [4.78, 5) is 14.4. The van der Waals surface area contributed by atoms with Crippen LogP contribution in [0.25, 0.3) is 0 Å². The third-order valence-corrected chi connectivity index (χ3v) is 3.89. The van der Waals surface area contributed by atoms with E-state index < -0.39 is 0 Å². The van der Waals surface area contributed by atoms with E-state index in [2.05, 4.69) is 0 Å². The zero-order valence-corrected chi connectivity index (χ0v) is 12.3. The fourth-order valence-corrected chi connectivity index (χ4v) is 2.55. The Morgan fingerprint density at radius 3 is 2.70 bits per heavy atom. The van der Waals surface area contributed by atoms with Gasteiger partial charge in [0.15, 0.2) is 0 Å². The number of likely N-dealkylation sites (tertiary alicyclic amines) is 1. The standard InChI is InChI=1S/C15H22N2O3/c1-10(16)11-6-7-17(9-11)15(18)13-5-4-12(19-2)8-14(13)20-3/h4-5,8,10-11H,6-7,9,16H2,1-3H3. The van der Waals surface area contributed by atoms with E-state index >= 15 is 0 Å². The molecule has 1 aliphatic rings. The zero-order valence-electron chi connectivity index (χ0n) is 12.3. The summed E-state index contributed by atoms with van der Waals surface area (Å²) in [6.07, 6.45) is 0.960. The number of nitrogens with two attached hydrogens (primary N) is 1. The van der Waals surface area contributed by atoms with E-state index in [-0.39, 0.29) is 11.9 Å². The van der Waals surface area contributed by atoms with Crippen molar-refractivity contribution in [3.63, 3.8) is 0 Å². The van der Waals surface area contributed by atoms with Crippen LogP contribution in [0.15, 0.2) is 18.2 Å².